The van der Waals surface area contributed by atoms with Crippen molar-refractivity contribution in [2.75, 3.05) is 0 Å². The Kier molecular flexibility index (Phi) is 3.87. The van der Waals surface area contributed by atoms with E-state index in [9.17, 15) is 5.11 Å². The van der Waals surface area contributed by atoms with Crippen LogP contribution < -0.4 is 0 Å². The Hall–Kier alpha value is -1.25. The van der Waals surface area contributed by atoms with Gasteiger partial charge in [0.15, 0.2) is 0 Å². The SMILES string of the molecule is Cc1ccccc1Sc1ccc(C(C)O)cc1. The maximum absolute atomic E-state index is 9.44. The summed E-state index contributed by atoms with van der Waals surface area (Å²) < 4.78 is 0. The minimum absolute atomic E-state index is 0.396. The molecule has 0 aliphatic carbocycles. The maximum Gasteiger partial charge on any atom is 0.0761 e. The van der Waals surface area contributed by atoms with Crippen LogP contribution in [0.25, 0.3) is 0 Å². The molecule has 0 aromatic heterocycles. The van der Waals surface area contributed by atoms with Gasteiger partial charge in [0.25, 0.3) is 0 Å². The van der Waals surface area contributed by atoms with Gasteiger partial charge in [-0.2, -0.15) is 0 Å². The van der Waals surface area contributed by atoms with Crippen LogP contribution in [-0.2, 0) is 0 Å². The number of aliphatic hydroxyl groups is 1. The van der Waals surface area contributed by atoms with Crippen LogP contribution in [0.3, 0.4) is 0 Å². The molecule has 2 aromatic rings. The van der Waals surface area contributed by atoms with Gasteiger partial charge in [-0.15, -0.1) is 0 Å². The number of benzene rings is 2. The monoisotopic (exact) mass is 244 g/mol. The van der Waals surface area contributed by atoms with E-state index in [-0.39, 0.29) is 0 Å². The van der Waals surface area contributed by atoms with Crippen LogP contribution in [0.2, 0.25) is 0 Å². The van der Waals surface area contributed by atoms with Gasteiger partial charge in [0.05, 0.1) is 6.10 Å². The zero-order valence-corrected chi connectivity index (χ0v) is 10.9. The molecule has 1 atom stereocenters. The lowest BCUT2D eigenvalue weighted by atomic mass is 10.1. The Morgan fingerprint density at radius 2 is 1.65 bits per heavy atom. The highest BCUT2D eigenvalue weighted by Crippen LogP contribution is 2.30. The first-order chi connectivity index (χ1) is 8.16. The fourth-order valence-electron chi connectivity index (χ4n) is 1.61. The second-order valence-corrected chi connectivity index (χ2v) is 5.23. The summed E-state index contributed by atoms with van der Waals surface area (Å²) in [7, 11) is 0. The Labute approximate surface area is 107 Å². The maximum atomic E-state index is 9.44. The summed E-state index contributed by atoms with van der Waals surface area (Å²) >= 11 is 1.75. The lowest BCUT2D eigenvalue weighted by Gasteiger charge is -2.07. The summed E-state index contributed by atoms with van der Waals surface area (Å²) in [5.74, 6) is 0. The molecule has 0 saturated heterocycles. The minimum atomic E-state index is -0.396. The molecule has 0 fully saturated rings. The summed E-state index contributed by atoms with van der Waals surface area (Å²) in [4.78, 5) is 2.47. The quantitative estimate of drug-likeness (QED) is 0.873. The molecule has 1 N–H and O–H groups in total. The second-order valence-electron chi connectivity index (χ2n) is 4.11. The van der Waals surface area contributed by atoms with Gasteiger partial charge in [-0.1, -0.05) is 42.1 Å². The molecule has 0 radical (unpaired) electrons. The normalized spacial score (nSPS) is 12.4. The molecule has 2 aromatic carbocycles. The summed E-state index contributed by atoms with van der Waals surface area (Å²) in [6, 6.07) is 16.4. The first-order valence-electron chi connectivity index (χ1n) is 5.68. The van der Waals surface area contributed by atoms with Crippen LogP contribution >= 0.6 is 11.8 Å². The molecular weight excluding hydrogens is 228 g/mol. The van der Waals surface area contributed by atoms with Crippen molar-refractivity contribution in [2.45, 2.75) is 29.7 Å². The molecule has 0 heterocycles. The number of hydrogen-bond acceptors (Lipinski definition) is 2. The van der Waals surface area contributed by atoms with Gasteiger partial charge in [0.1, 0.15) is 0 Å². The molecular formula is C15H16OS. The van der Waals surface area contributed by atoms with Crippen molar-refractivity contribution in [2.24, 2.45) is 0 Å². The fourth-order valence-corrected chi connectivity index (χ4v) is 2.51. The highest BCUT2D eigenvalue weighted by atomic mass is 32.2. The summed E-state index contributed by atoms with van der Waals surface area (Å²) in [6.45, 7) is 3.90. The van der Waals surface area contributed by atoms with Crippen molar-refractivity contribution >= 4 is 11.8 Å². The molecule has 2 rings (SSSR count). The van der Waals surface area contributed by atoms with Crippen molar-refractivity contribution in [3.8, 4) is 0 Å². The molecule has 1 unspecified atom stereocenters. The van der Waals surface area contributed by atoms with Gasteiger partial charge in [-0.3, -0.25) is 0 Å². The zero-order chi connectivity index (χ0) is 12.3. The van der Waals surface area contributed by atoms with Crippen molar-refractivity contribution in [1.82, 2.24) is 0 Å². The van der Waals surface area contributed by atoms with Gasteiger partial charge in [0.2, 0.25) is 0 Å². The molecule has 0 bridgehead atoms. The third-order valence-corrected chi connectivity index (χ3v) is 3.87. The van der Waals surface area contributed by atoms with E-state index in [4.69, 9.17) is 0 Å². The Balaban J connectivity index is 2.17. The highest BCUT2D eigenvalue weighted by Gasteiger charge is 2.02. The van der Waals surface area contributed by atoms with Crippen LogP contribution in [0.15, 0.2) is 58.3 Å². The fraction of sp³-hybridized carbons (Fsp3) is 0.200. The first-order valence-corrected chi connectivity index (χ1v) is 6.50. The molecule has 0 aliphatic heterocycles. The molecule has 2 heteroatoms. The van der Waals surface area contributed by atoms with Gasteiger partial charge in [-0.05, 0) is 43.2 Å². The largest absolute Gasteiger partial charge is 0.389 e. The third-order valence-electron chi connectivity index (χ3n) is 2.68. The van der Waals surface area contributed by atoms with E-state index in [1.54, 1.807) is 18.7 Å². The Morgan fingerprint density at radius 1 is 1.00 bits per heavy atom. The number of rotatable bonds is 3. The van der Waals surface area contributed by atoms with Crippen LogP contribution in [0.1, 0.15) is 24.2 Å². The first kappa shape index (κ1) is 12.2. The van der Waals surface area contributed by atoms with Crippen LogP contribution in [0.5, 0.6) is 0 Å². The van der Waals surface area contributed by atoms with Crippen molar-refractivity contribution in [3.63, 3.8) is 0 Å². The second kappa shape index (κ2) is 5.39. The molecule has 0 saturated carbocycles. The lowest BCUT2D eigenvalue weighted by molar-refractivity contribution is 0.199. The average Bonchev–Trinajstić information content (AvgIpc) is 2.33. The van der Waals surface area contributed by atoms with E-state index < -0.39 is 6.10 Å². The predicted octanol–water partition coefficient (Wildman–Crippen LogP) is 4.20. The lowest BCUT2D eigenvalue weighted by Crippen LogP contribution is -1.89. The highest BCUT2D eigenvalue weighted by molar-refractivity contribution is 7.99. The number of hydrogen-bond donors (Lipinski definition) is 1. The topological polar surface area (TPSA) is 20.2 Å². The van der Waals surface area contributed by atoms with E-state index in [1.807, 2.05) is 12.1 Å². The number of aliphatic hydroxyl groups excluding tert-OH is 1. The molecule has 1 nitrogen and oxygen atoms in total. The Bertz CT molecular complexity index is 489. The van der Waals surface area contributed by atoms with Crippen molar-refractivity contribution in [3.05, 3.63) is 59.7 Å². The van der Waals surface area contributed by atoms with Gasteiger partial charge in [-0.25, -0.2) is 0 Å². The predicted molar refractivity (Wildman–Crippen MR) is 72.4 cm³/mol. The van der Waals surface area contributed by atoms with E-state index >= 15 is 0 Å². The average molecular weight is 244 g/mol. The number of aryl methyl sites for hydroxylation is 1. The molecule has 17 heavy (non-hydrogen) atoms. The molecule has 0 amide bonds. The smallest absolute Gasteiger partial charge is 0.0761 e. The summed E-state index contributed by atoms with van der Waals surface area (Å²) in [5, 5.41) is 9.44. The minimum Gasteiger partial charge on any atom is -0.389 e. The molecule has 0 spiro atoms. The molecule has 88 valence electrons. The van der Waals surface area contributed by atoms with Gasteiger partial charge < -0.3 is 5.11 Å². The van der Waals surface area contributed by atoms with E-state index in [1.165, 1.54) is 15.4 Å². The Morgan fingerprint density at radius 3 is 2.24 bits per heavy atom. The van der Waals surface area contributed by atoms with Crippen LogP contribution in [0, 0.1) is 6.92 Å². The van der Waals surface area contributed by atoms with Crippen molar-refractivity contribution in [1.29, 1.82) is 0 Å². The van der Waals surface area contributed by atoms with Gasteiger partial charge >= 0.3 is 0 Å². The van der Waals surface area contributed by atoms with E-state index in [0.717, 1.165) is 5.56 Å². The third kappa shape index (κ3) is 3.11. The van der Waals surface area contributed by atoms with Crippen molar-refractivity contribution < 1.29 is 5.11 Å². The summed E-state index contributed by atoms with van der Waals surface area (Å²) in [5.41, 5.74) is 2.25. The molecule has 0 aliphatic rings. The standard InChI is InChI=1S/C15H16OS/c1-11-5-3-4-6-15(11)17-14-9-7-13(8-10-14)12(2)16/h3-10,12,16H,1-2H3. The zero-order valence-electron chi connectivity index (χ0n) is 10.1. The van der Waals surface area contributed by atoms with Gasteiger partial charge in [0, 0.05) is 9.79 Å². The van der Waals surface area contributed by atoms with E-state index in [0.29, 0.717) is 0 Å². The summed E-state index contributed by atoms with van der Waals surface area (Å²) in [6.07, 6.45) is -0.396. The van der Waals surface area contributed by atoms with Crippen LogP contribution in [-0.4, -0.2) is 5.11 Å². The van der Waals surface area contributed by atoms with E-state index in [2.05, 4.69) is 43.3 Å². The van der Waals surface area contributed by atoms with Crippen LogP contribution in [0.4, 0.5) is 0 Å².